The van der Waals surface area contributed by atoms with Crippen LogP contribution in [0.3, 0.4) is 0 Å². The Morgan fingerprint density at radius 1 is 1.29 bits per heavy atom. The summed E-state index contributed by atoms with van der Waals surface area (Å²) in [4.78, 5) is 2.73. The molecule has 1 heterocycles. The molecule has 3 nitrogen and oxygen atoms in total. The van der Waals surface area contributed by atoms with E-state index < -0.39 is 0 Å². The zero-order valence-corrected chi connectivity index (χ0v) is 14.7. The number of rotatable bonds is 7. The summed E-state index contributed by atoms with van der Waals surface area (Å²) in [6, 6.07) is 0. The lowest BCUT2D eigenvalue weighted by Gasteiger charge is -2.43. The maximum atomic E-state index is 5.17. The molecule has 0 aromatic carbocycles. The fourth-order valence-corrected chi connectivity index (χ4v) is 4.49. The molecule has 3 heteroatoms. The van der Waals surface area contributed by atoms with E-state index in [0.29, 0.717) is 10.8 Å². The van der Waals surface area contributed by atoms with Gasteiger partial charge in [-0.2, -0.15) is 0 Å². The van der Waals surface area contributed by atoms with Crippen LogP contribution in [0.4, 0.5) is 0 Å². The predicted molar refractivity (Wildman–Crippen MR) is 89.6 cm³/mol. The van der Waals surface area contributed by atoms with Gasteiger partial charge in [0.05, 0.1) is 6.61 Å². The van der Waals surface area contributed by atoms with Crippen LogP contribution < -0.4 is 5.32 Å². The second kappa shape index (κ2) is 7.43. The van der Waals surface area contributed by atoms with Gasteiger partial charge in [-0.15, -0.1) is 0 Å². The van der Waals surface area contributed by atoms with Gasteiger partial charge in [-0.3, -0.25) is 0 Å². The average Bonchev–Trinajstić information content (AvgIpc) is 2.74. The molecule has 0 amide bonds. The van der Waals surface area contributed by atoms with Crippen LogP contribution in [-0.4, -0.2) is 51.3 Å². The highest BCUT2D eigenvalue weighted by Crippen LogP contribution is 2.41. The van der Waals surface area contributed by atoms with Gasteiger partial charge < -0.3 is 15.0 Å². The largest absolute Gasteiger partial charge is 0.383 e. The van der Waals surface area contributed by atoms with E-state index in [-0.39, 0.29) is 0 Å². The summed E-state index contributed by atoms with van der Waals surface area (Å²) >= 11 is 0. The van der Waals surface area contributed by atoms with E-state index in [9.17, 15) is 0 Å². The minimum absolute atomic E-state index is 0.492. The molecule has 0 radical (unpaired) electrons. The minimum atomic E-state index is 0.492. The minimum Gasteiger partial charge on any atom is -0.383 e. The van der Waals surface area contributed by atoms with E-state index in [1.807, 2.05) is 0 Å². The number of likely N-dealkylation sites (tertiary alicyclic amines) is 1. The number of nitrogens with zero attached hydrogens (tertiary/aromatic N) is 1. The van der Waals surface area contributed by atoms with Gasteiger partial charge in [-0.25, -0.2) is 0 Å². The molecule has 1 saturated heterocycles. The summed E-state index contributed by atoms with van der Waals surface area (Å²) in [7, 11) is 1.78. The molecular weight excluding hydrogens is 260 g/mol. The molecule has 1 saturated carbocycles. The van der Waals surface area contributed by atoms with Crippen LogP contribution in [0, 0.1) is 16.7 Å². The van der Waals surface area contributed by atoms with Gasteiger partial charge in [-0.1, -0.05) is 33.6 Å². The monoisotopic (exact) mass is 296 g/mol. The van der Waals surface area contributed by atoms with Crippen molar-refractivity contribution >= 4 is 0 Å². The smallest absolute Gasteiger partial charge is 0.0587 e. The second-order valence-electron chi connectivity index (χ2n) is 8.50. The van der Waals surface area contributed by atoms with Crippen molar-refractivity contribution < 1.29 is 4.74 Å². The number of ether oxygens (including phenoxy) is 1. The van der Waals surface area contributed by atoms with Gasteiger partial charge in [-0.05, 0) is 42.6 Å². The zero-order chi connectivity index (χ0) is 15.3. The van der Waals surface area contributed by atoms with Gasteiger partial charge in [0, 0.05) is 33.3 Å². The summed E-state index contributed by atoms with van der Waals surface area (Å²) in [5, 5.41) is 3.66. The maximum absolute atomic E-state index is 5.17. The molecule has 0 aromatic rings. The quantitative estimate of drug-likeness (QED) is 0.730. The van der Waals surface area contributed by atoms with Gasteiger partial charge >= 0.3 is 0 Å². The molecule has 1 N–H and O–H groups in total. The first-order valence-electron chi connectivity index (χ1n) is 8.87. The van der Waals surface area contributed by atoms with Gasteiger partial charge in [0.25, 0.3) is 0 Å². The van der Waals surface area contributed by atoms with Crippen LogP contribution in [0.5, 0.6) is 0 Å². The second-order valence-corrected chi connectivity index (χ2v) is 8.50. The summed E-state index contributed by atoms with van der Waals surface area (Å²) in [5.41, 5.74) is 1.01. The van der Waals surface area contributed by atoms with Crippen LogP contribution in [-0.2, 0) is 4.74 Å². The zero-order valence-electron chi connectivity index (χ0n) is 14.7. The fourth-order valence-electron chi connectivity index (χ4n) is 4.49. The third-order valence-corrected chi connectivity index (χ3v) is 5.48. The Bertz CT molecular complexity index is 318. The number of hydrogen-bond acceptors (Lipinski definition) is 3. The Kier molecular flexibility index (Phi) is 6.10. The van der Waals surface area contributed by atoms with E-state index in [1.54, 1.807) is 7.11 Å². The summed E-state index contributed by atoms with van der Waals surface area (Å²) in [6.07, 6.45) is 6.98. The SMILES string of the molecule is COCCNCC1(CN2CCC(C)(C)C2)CCCC(C)C1. The van der Waals surface area contributed by atoms with Crippen molar-refractivity contribution in [3.63, 3.8) is 0 Å². The van der Waals surface area contributed by atoms with E-state index in [1.165, 1.54) is 51.7 Å². The van der Waals surface area contributed by atoms with Crippen molar-refractivity contribution in [3.05, 3.63) is 0 Å². The highest BCUT2D eigenvalue weighted by atomic mass is 16.5. The highest BCUT2D eigenvalue weighted by Gasteiger charge is 2.39. The van der Waals surface area contributed by atoms with Crippen molar-refractivity contribution in [2.24, 2.45) is 16.7 Å². The van der Waals surface area contributed by atoms with Crippen molar-refractivity contribution in [3.8, 4) is 0 Å². The van der Waals surface area contributed by atoms with E-state index in [2.05, 4.69) is 31.0 Å². The molecule has 1 aliphatic heterocycles. The average molecular weight is 296 g/mol. The normalized spacial score (nSPS) is 33.4. The number of nitrogens with one attached hydrogen (secondary N) is 1. The maximum Gasteiger partial charge on any atom is 0.0587 e. The summed E-state index contributed by atoms with van der Waals surface area (Å²) in [5.74, 6) is 0.888. The Morgan fingerprint density at radius 3 is 2.71 bits per heavy atom. The highest BCUT2D eigenvalue weighted by molar-refractivity contribution is 4.93. The molecule has 124 valence electrons. The first-order chi connectivity index (χ1) is 9.95. The van der Waals surface area contributed by atoms with Crippen molar-refractivity contribution in [2.45, 2.75) is 52.9 Å². The topological polar surface area (TPSA) is 24.5 Å². The molecule has 2 unspecified atom stereocenters. The van der Waals surface area contributed by atoms with Crippen LogP contribution >= 0.6 is 0 Å². The van der Waals surface area contributed by atoms with Crippen LogP contribution in [0.25, 0.3) is 0 Å². The molecule has 2 fully saturated rings. The van der Waals surface area contributed by atoms with E-state index >= 15 is 0 Å². The lowest BCUT2D eigenvalue weighted by molar-refractivity contribution is 0.0841. The van der Waals surface area contributed by atoms with Gasteiger partial charge in [0.2, 0.25) is 0 Å². The Labute approximate surface area is 131 Å². The third kappa shape index (κ3) is 5.22. The molecule has 0 aromatic heterocycles. The van der Waals surface area contributed by atoms with Crippen LogP contribution in [0.1, 0.15) is 52.9 Å². The van der Waals surface area contributed by atoms with Crippen LogP contribution in [0.15, 0.2) is 0 Å². The third-order valence-electron chi connectivity index (χ3n) is 5.48. The molecular formula is C18H36N2O. The van der Waals surface area contributed by atoms with Crippen molar-refractivity contribution in [1.82, 2.24) is 10.2 Å². The molecule has 21 heavy (non-hydrogen) atoms. The standard InChI is InChI=1S/C18H36N2O/c1-16-6-5-7-18(12-16,13-19-9-11-21-4)15-20-10-8-17(2,3)14-20/h16,19H,5-15H2,1-4H3. The van der Waals surface area contributed by atoms with Crippen molar-refractivity contribution in [2.75, 3.05) is 46.4 Å². The molecule has 1 aliphatic carbocycles. The fraction of sp³-hybridized carbons (Fsp3) is 1.00. The molecule has 2 aliphatic rings. The molecule has 2 atom stereocenters. The van der Waals surface area contributed by atoms with E-state index in [4.69, 9.17) is 4.74 Å². The molecule has 0 spiro atoms. The predicted octanol–water partition coefficient (Wildman–Crippen LogP) is 3.15. The molecule has 2 rings (SSSR count). The number of hydrogen-bond donors (Lipinski definition) is 1. The van der Waals surface area contributed by atoms with Gasteiger partial charge in [0.15, 0.2) is 0 Å². The van der Waals surface area contributed by atoms with Crippen molar-refractivity contribution in [1.29, 1.82) is 0 Å². The summed E-state index contributed by atoms with van der Waals surface area (Å²) in [6.45, 7) is 14.1. The summed E-state index contributed by atoms with van der Waals surface area (Å²) < 4.78 is 5.17. The lowest BCUT2D eigenvalue weighted by atomic mass is 9.69. The van der Waals surface area contributed by atoms with Gasteiger partial charge in [0.1, 0.15) is 0 Å². The first kappa shape index (κ1) is 17.2. The van der Waals surface area contributed by atoms with Crippen LogP contribution in [0.2, 0.25) is 0 Å². The Morgan fingerprint density at radius 2 is 2.10 bits per heavy atom. The Balaban J connectivity index is 1.91. The Hall–Kier alpha value is -0.120. The lowest BCUT2D eigenvalue weighted by Crippen LogP contribution is -2.47. The number of methoxy groups -OCH3 is 1. The first-order valence-corrected chi connectivity index (χ1v) is 8.87. The van der Waals surface area contributed by atoms with E-state index in [0.717, 1.165) is 25.6 Å². The molecule has 0 bridgehead atoms.